The number of Topliss-reactive ketones (excluding diaryl/α,β-unsaturated/α-hetero) is 1. The fourth-order valence-electron chi connectivity index (χ4n) is 2.35. The number of ether oxygens (including phenoxy) is 3. The maximum atomic E-state index is 12.3. The molecule has 0 N–H and O–H groups in total. The monoisotopic (exact) mass is 346 g/mol. The molecule has 0 bridgehead atoms. The molecular weight excluding hydrogens is 332 g/mol. The lowest BCUT2D eigenvalue weighted by atomic mass is 10.1. The Morgan fingerprint density at radius 1 is 1.08 bits per heavy atom. The summed E-state index contributed by atoms with van der Waals surface area (Å²) in [6, 6.07) is 11.6. The van der Waals surface area contributed by atoms with Crippen LogP contribution in [-0.2, 0) is 4.74 Å². The first-order chi connectivity index (χ1) is 11.6. The highest BCUT2D eigenvalue weighted by Crippen LogP contribution is 2.38. The van der Waals surface area contributed by atoms with Gasteiger partial charge in [-0.25, -0.2) is 4.79 Å². The number of carbonyl (C=O) groups is 2. The lowest BCUT2D eigenvalue weighted by Gasteiger charge is -2.20. The van der Waals surface area contributed by atoms with Gasteiger partial charge in [0, 0.05) is 5.56 Å². The summed E-state index contributed by atoms with van der Waals surface area (Å²) in [6.45, 7) is 2.32. The van der Waals surface area contributed by atoms with Gasteiger partial charge in [0.2, 0.25) is 5.78 Å². The highest BCUT2D eigenvalue weighted by molar-refractivity contribution is 6.32. The van der Waals surface area contributed by atoms with Crippen LogP contribution in [0.5, 0.6) is 11.5 Å². The Morgan fingerprint density at radius 3 is 2.54 bits per heavy atom. The van der Waals surface area contributed by atoms with Crippen molar-refractivity contribution in [3.05, 3.63) is 58.6 Å². The van der Waals surface area contributed by atoms with E-state index >= 15 is 0 Å². The highest BCUT2D eigenvalue weighted by atomic mass is 35.5. The zero-order valence-electron chi connectivity index (χ0n) is 13.0. The van der Waals surface area contributed by atoms with Gasteiger partial charge in [-0.1, -0.05) is 41.9 Å². The number of halogens is 1. The summed E-state index contributed by atoms with van der Waals surface area (Å²) in [4.78, 5) is 24.6. The molecule has 0 spiro atoms. The average molecular weight is 347 g/mol. The van der Waals surface area contributed by atoms with Crippen molar-refractivity contribution in [2.45, 2.75) is 13.0 Å². The third kappa shape index (κ3) is 3.36. The van der Waals surface area contributed by atoms with Crippen LogP contribution in [0.15, 0.2) is 42.5 Å². The molecule has 1 unspecified atom stereocenters. The predicted octanol–water partition coefficient (Wildman–Crippen LogP) is 3.54. The zero-order chi connectivity index (χ0) is 17.1. The minimum atomic E-state index is -0.910. The van der Waals surface area contributed by atoms with Gasteiger partial charge in [0.05, 0.1) is 10.6 Å². The van der Waals surface area contributed by atoms with E-state index in [0.29, 0.717) is 30.3 Å². The van der Waals surface area contributed by atoms with E-state index < -0.39 is 12.1 Å². The maximum absolute atomic E-state index is 12.3. The molecule has 0 amide bonds. The van der Waals surface area contributed by atoms with Crippen molar-refractivity contribution >= 4 is 23.4 Å². The second kappa shape index (κ2) is 6.93. The summed E-state index contributed by atoms with van der Waals surface area (Å²) in [6.07, 6.45) is -0.910. The van der Waals surface area contributed by atoms with E-state index in [0.717, 1.165) is 0 Å². The maximum Gasteiger partial charge on any atom is 0.339 e. The lowest BCUT2D eigenvalue weighted by molar-refractivity contribution is 0.0318. The number of benzene rings is 2. The number of carbonyl (C=O) groups excluding carboxylic acids is 2. The Morgan fingerprint density at radius 2 is 1.79 bits per heavy atom. The molecule has 6 heteroatoms. The molecule has 3 rings (SSSR count). The van der Waals surface area contributed by atoms with Gasteiger partial charge in [-0.3, -0.25) is 4.79 Å². The Labute approximate surface area is 144 Å². The van der Waals surface area contributed by atoms with Gasteiger partial charge in [-0.15, -0.1) is 0 Å². The van der Waals surface area contributed by atoms with E-state index in [4.69, 9.17) is 25.8 Å². The topological polar surface area (TPSA) is 61.8 Å². The number of esters is 1. The van der Waals surface area contributed by atoms with E-state index in [1.54, 1.807) is 24.3 Å². The second-order valence-electron chi connectivity index (χ2n) is 5.26. The third-order valence-corrected chi connectivity index (χ3v) is 3.82. The number of ketones is 1. The van der Waals surface area contributed by atoms with E-state index in [2.05, 4.69) is 0 Å². The van der Waals surface area contributed by atoms with Crippen molar-refractivity contribution in [1.29, 1.82) is 0 Å². The summed E-state index contributed by atoms with van der Waals surface area (Å²) in [7, 11) is 0. The fraction of sp³-hybridized carbons (Fsp3) is 0.222. The van der Waals surface area contributed by atoms with E-state index in [1.165, 1.54) is 19.1 Å². The Balaban J connectivity index is 1.75. The van der Waals surface area contributed by atoms with Crippen LogP contribution in [0, 0.1) is 0 Å². The minimum absolute atomic E-state index is 0.206. The van der Waals surface area contributed by atoms with Crippen LogP contribution in [0.25, 0.3) is 0 Å². The molecule has 124 valence electrons. The smallest absolute Gasteiger partial charge is 0.339 e. The van der Waals surface area contributed by atoms with Crippen LogP contribution in [0.1, 0.15) is 27.6 Å². The van der Waals surface area contributed by atoms with Crippen LogP contribution in [0.3, 0.4) is 0 Å². The minimum Gasteiger partial charge on any atom is -0.486 e. The van der Waals surface area contributed by atoms with Gasteiger partial charge < -0.3 is 14.2 Å². The van der Waals surface area contributed by atoms with Gasteiger partial charge in [-0.2, -0.15) is 0 Å². The fourth-order valence-corrected chi connectivity index (χ4v) is 2.61. The molecule has 0 saturated heterocycles. The second-order valence-corrected chi connectivity index (χ2v) is 5.67. The quantitative estimate of drug-likeness (QED) is 0.626. The van der Waals surface area contributed by atoms with Crippen molar-refractivity contribution in [2.24, 2.45) is 0 Å². The van der Waals surface area contributed by atoms with Crippen molar-refractivity contribution in [3.8, 4) is 11.5 Å². The molecule has 5 nitrogen and oxygen atoms in total. The molecule has 1 atom stereocenters. The molecule has 0 radical (unpaired) electrons. The Bertz CT molecular complexity index is 772. The van der Waals surface area contributed by atoms with Crippen LogP contribution in [-0.4, -0.2) is 31.1 Å². The summed E-state index contributed by atoms with van der Waals surface area (Å²) >= 11 is 6.11. The van der Waals surface area contributed by atoms with Gasteiger partial charge in [-0.05, 0) is 19.1 Å². The summed E-state index contributed by atoms with van der Waals surface area (Å²) in [5.74, 6) is -0.117. The van der Waals surface area contributed by atoms with Crippen molar-refractivity contribution in [1.82, 2.24) is 0 Å². The number of rotatable bonds is 4. The van der Waals surface area contributed by atoms with Crippen molar-refractivity contribution in [2.75, 3.05) is 13.2 Å². The molecular formula is C18H15ClO5. The van der Waals surface area contributed by atoms with E-state index in [1.807, 2.05) is 6.07 Å². The molecule has 1 heterocycles. The van der Waals surface area contributed by atoms with E-state index in [-0.39, 0.29) is 16.4 Å². The molecule has 1 aliphatic rings. The molecule has 2 aromatic carbocycles. The first-order valence-corrected chi connectivity index (χ1v) is 7.83. The van der Waals surface area contributed by atoms with E-state index in [9.17, 15) is 9.59 Å². The molecule has 0 aliphatic carbocycles. The van der Waals surface area contributed by atoms with Gasteiger partial charge in [0.25, 0.3) is 0 Å². The van der Waals surface area contributed by atoms with Gasteiger partial charge in [0.1, 0.15) is 13.2 Å². The zero-order valence-corrected chi connectivity index (χ0v) is 13.7. The van der Waals surface area contributed by atoms with Gasteiger partial charge >= 0.3 is 5.97 Å². The molecule has 1 aliphatic heterocycles. The number of hydrogen-bond acceptors (Lipinski definition) is 5. The number of hydrogen-bond donors (Lipinski definition) is 0. The lowest BCUT2D eigenvalue weighted by Crippen LogP contribution is -2.24. The van der Waals surface area contributed by atoms with Crippen LogP contribution >= 0.6 is 11.6 Å². The third-order valence-electron chi connectivity index (χ3n) is 3.54. The average Bonchev–Trinajstić information content (AvgIpc) is 2.61. The summed E-state index contributed by atoms with van der Waals surface area (Å²) < 4.78 is 16.1. The Hall–Kier alpha value is -2.53. The molecule has 0 aromatic heterocycles. The molecule has 0 fully saturated rings. The standard InChI is InChI=1S/C18H15ClO5/c1-11(16(20)12-5-3-2-4-6-12)24-18(21)13-9-14(19)17-15(10-13)22-7-8-23-17/h2-6,9-11H,7-8H2,1H3. The van der Waals surface area contributed by atoms with Crippen molar-refractivity contribution in [3.63, 3.8) is 0 Å². The normalized spacial score (nSPS) is 13.9. The van der Waals surface area contributed by atoms with Crippen LogP contribution < -0.4 is 9.47 Å². The molecule has 24 heavy (non-hydrogen) atoms. The van der Waals surface area contributed by atoms with Crippen LogP contribution in [0.4, 0.5) is 0 Å². The van der Waals surface area contributed by atoms with Crippen molar-refractivity contribution < 1.29 is 23.8 Å². The molecule has 0 saturated carbocycles. The molecule has 2 aromatic rings. The predicted molar refractivity (Wildman–Crippen MR) is 88.1 cm³/mol. The SMILES string of the molecule is CC(OC(=O)c1cc(Cl)c2c(c1)OCCO2)C(=O)c1ccccc1. The summed E-state index contributed by atoms with van der Waals surface area (Å²) in [5, 5.41) is 0.265. The van der Waals surface area contributed by atoms with Crippen LogP contribution in [0.2, 0.25) is 5.02 Å². The number of fused-ring (bicyclic) bond motifs is 1. The largest absolute Gasteiger partial charge is 0.486 e. The first kappa shape index (κ1) is 16.3. The highest BCUT2D eigenvalue weighted by Gasteiger charge is 2.23. The first-order valence-electron chi connectivity index (χ1n) is 7.45. The Kier molecular flexibility index (Phi) is 4.71. The van der Waals surface area contributed by atoms with Gasteiger partial charge in [0.15, 0.2) is 17.6 Å². The summed E-state index contributed by atoms with van der Waals surface area (Å²) in [5.41, 5.74) is 0.690.